The number of methoxy groups -OCH3 is 1. The summed E-state index contributed by atoms with van der Waals surface area (Å²) in [5.74, 6) is -0.392. The number of hydrogen-bond donors (Lipinski definition) is 2. The molecule has 1 aromatic heterocycles. The summed E-state index contributed by atoms with van der Waals surface area (Å²) in [4.78, 5) is 16.6. The Hall–Kier alpha value is -1.51. The first-order valence-electron chi connectivity index (χ1n) is 6.35. The second kappa shape index (κ2) is 7.17. The Bertz CT molecular complexity index is 403. The van der Waals surface area contributed by atoms with Crippen LogP contribution in [-0.4, -0.2) is 54.3 Å². The summed E-state index contributed by atoms with van der Waals surface area (Å²) in [6.45, 7) is 2.64. The molecule has 8 heteroatoms. The number of amides is 1. The van der Waals surface area contributed by atoms with Gasteiger partial charge >= 0.3 is 0 Å². The Kier molecular flexibility index (Phi) is 5.25. The fourth-order valence-electron chi connectivity index (χ4n) is 1.92. The van der Waals surface area contributed by atoms with E-state index in [0.717, 1.165) is 25.9 Å². The monoisotopic (exact) mass is 269 g/mol. The highest BCUT2D eigenvalue weighted by Gasteiger charge is 2.18. The summed E-state index contributed by atoms with van der Waals surface area (Å²) < 4.78 is 6.55. The summed E-state index contributed by atoms with van der Waals surface area (Å²) in [5.41, 5.74) is 2.56. The molecule has 0 atom stereocenters. The molecule has 19 heavy (non-hydrogen) atoms. The standard InChI is InChI=1S/C11H19N5O3/c1-18-6-7-19-14-11(17)10-8-16(15-13-10)9-2-4-12-5-3-9/h8-9,12H,2-7H2,1H3,(H,14,17). The molecule has 0 aliphatic carbocycles. The molecule has 2 heterocycles. The molecule has 1 saturated heterocycles. The third kappa shape index (κ3) is 3.98. The number of hydrogen-bond acceptors (Lipinski definition) is 6. The number of piperidine rings is 1. The number of hydroxylamine groups is 1. The largest absolute Gasteiger partial charge is 0.382 e. The molecule has 2 N–H and O–H groups in total. The second-order valence-electron chi connectivity index (χ2n) is 4.34. The Morgan fingerprint density at radius 3 is 3.05 bits per heavy atom. The van der Waals surface area contributed by atoms with Crippen LogP contribution in [0.4, 0.5) is 0 Å². The van der Waals surface area contributed by atoms with Crippen molar-refractivity contribution in [1.82, 2.24) is 25.8 Å². The number of nitrogens with one attached hydrogen (secondary N) is 2. The zero-order valence-electron chi connectivity index (χ0n) is 11.0. The highest BCUT2D eigenvalue weighted by Crippen LogP contribution is 2.16. The lowest BCUT2D eigenvalue weighted by Crippen LogP contribution is -2.29. The predicted molar refractivity (Wildman–Crippen MR) is 66.5 cm³/mol. The molecule has 1 aliphatic rings. The number of carbonyl (C=O) groups excluding carboxylic acids is 1. The zero-order chi connectivity index (χ0) is 13.5. The van der Waals surface area contributed by atoms with Gasteiger partial charge in [0.25, 0.3) is 5.91 Å². The molecule has 0 aromatic carbocycles. The smallest absolute Gasteiger partial charge is 0.296 e. The van der Waals surface area contributed by atoms with Crippen LogP contribution in [0.2, 0.25) is 0 Å². The lowest BCUT2D eigenvalue weighted by molar-refractivity contribution is 0.00857. The average Bonchev–Trinajstić information content (AvgIpc) is 2.94. The van der Waals surface area contributed by atoms with E-state index in [-0.39, 0.29) is 5.69 Å². The maximum atomic E-state index is 11.7. The van der Waals surface area contributed by atoms with Gasteiger partial charge in [-0.1, -0.05) is 5.21 Å². The fraction of sp³-hybridized carbons (Fsp3) is 0.727. The molecular weight excluding hydrogens is 250 g/mol. The van der Waals surface area contributed by atoms with Crippen LogP contribution in [0.3, 0.4) is 0 Å². The van der Waals surface area contributed by atoms with Crippen LogP contribution in [0.25, 0.3) is 0 Å². The molecule has 1 amide bonds. The van der Waals surface area contributed by atoms with E-state index in [2.05, 4.69) is 21.1 Å². The van der Waals surface area contributed by atoms with Gasteiger partial charge in [0.15, 0.2) is 5.69 Å². The van der Waals surface area contributed by atoms with Gasteiger partial charge in [-0.05, 0) is 25.9 Å². The molecule has 0 radical (unpaired) electrons. The molecule has 0 unspecified atom stereocenters. The van der Waals surface area contributed by atoms with Crippen molar-refractivity contribution >= 4 is 5.91 Å². The van der Waals surface area contributed by atoms with E-state index in [1.54, 1.807) is 18.0 Å². The van der Waals surface area contributed by atoms with Crippen LogP contribution < -0.4 is 10.8 Å². The molecule has 1 aliphatic heterocycles. The maximum Gasteiger partial charge on any atom is 0.296 e. The molecule has 8 nitrogen and oxygen atoms in total. The van der Waals surface area contributed by atoms with Crippen LogP contribution in [0.5, 0.6) is 0 Å². The Morgan fingerprint density at radius 1 is 1.53 bits per heavy atom. The van der Waals surface area contributed by atoms with Crippen molar-refractivity contribution in [2.24, 2.45) is 0 Å². The summed E-state index contributed by atoms with van der Waals surface area (Å²) >= 11 is 0. The van der Waals surface area contributed by atoms with E-state index in [1.165, 1.54) is 0 Å². The number of rotatable bonds is 6. The van der Waals surface area contributed by atoms with Gasteiger partial charge in [-0.3, -0.25) is 9.63 Å². The van der Waals surface area contributed by atoms with Gasteiger partial charge in [0.05, 0.1) is 25.5 Å². The lowest BCUT2D eigenvalue weighted by Gasteiger charge is -2.22. The van der Waals surface area contributed by atoms with Crippen molar-refractivity contribution in [2.45, 2.75) is 18.9 Å². The van der Waals surface area contributed by atoms with Gasteiger partial charge in [-0.2, -0.15) is 0 Å². The van der Waals surface area contributed by atoms with Crippen LogP contribution in [-0.2, 0) is 9.57 Å². The highest BCUT2D eigenvalue weighted by atomic mass is 16.7. The van der Waals surface area contributed by atoms with Crippen molar-refractivity contribution in [3.05, 3.63) is 11.9 Å². The topological polar surface area (TPSA) is 90.3 Å². The fourth-order valence-corrected chi connectivity index (χ4v) is 1.92. The summed E-state index contributed by atoms with van der Waals surface area (Å²) in [6.07, 6.45) is 3.65. The normalized spacial score (nSPS) is 16.5. The number of carbonyl (C=O) groups is 1. The van der Waals surface area contributed by atoms with Crippen molar-refractivity contribution in [1.29, 1.82) is 0 Å². The van der Waals surface area contributed by atoms with Crippen molar-refractivity contribution < 1.29 is 14.4 Å². The molecule has 0 spiro atoms. The van der Waals surface area contributed by atoms with Gasteiger partial charge in [0.1, 0.15) is 0 Å². The first-order valence-corrected chi connectivity index (χ1v) is 6.35. The average molecular weight is 269 g/mol. The summed E-state index contributed by atoms with van der Waals surface area (Å²) in [7, 11) is 1.57. The molecule has 0 bridgehead atoms. The maximum absolute atomic E-state index is 11.7. The van der Waals surface area contributed by atoms with Crippen LogP contribution in [0, 0.1) is 0 Å². The Labute approximate surface area is 111 Å². The summed E-state index contributed by atoms with van der Waals surface area (Å²) in [5, 5.41) is 11.1. The minimum atomic E-state index is -0.392. The summed E-state index contributed by atoms with van der Waals surface area (Å²) in [6, 6.07) is 0.310. The predicted octanol–water partition coefficient (Wildman–Crippen LogP) is -0.490. The van der Waals surface area contributed by atoms with Crippen LogP contribution >= 0.6 is 0 Å². The van der Waals surface area contributed by atoms with E-state index in [0.29, 0.717) is 19.3 Å². The van der Waals surface area contributed by atoms with E-state index in [1.807, 2.05) is 0 Å². The van der Waals surface area contributed by atoms with Crippen LogP contribution in [0.1, 0.15) is 29.4 Å². The SMILES string of the molecule is COCCONC(=O)c1cn(C2CCNCC2)nn1. The Balaban J connectivity index is 1.83. The molecule has 0 saturated carbocycles. The van der Waals surface area contributed by atoms with Gasteiger partial charge in [-0.15, -0.1) is 5.10 Å². The van der Waals surface area contributed by atoms with E-state index < -0.39 is 5.91 Å². The van der Waals surface area contributed by atoms with Crippen LogP contribution in [0.15, 0.2) is 6.20 Å². The number of aromatic nitrogens is 3. The minimum Gasteiger partial charge on any atom is -0.382 e. The Morgan fingerprint density at radius 2 is 2.32 bits per heavy atom. The van der Waals surface area contributed by atoms with Gasteiger partial charge in [0, 0.05) is 7.11 Å². The molecule has 1 fully saturated rings. The van der Waals surface area contributed by atoms with Crippen molar-refractivity contribution in [2.75, 3.05) is 33.4 Å². The molecule has 106 valence electrons. The van der Waals surface area contributed by atoms with Crippen molar-refractivity contribution in [3.63, 3.8) is 0 Å². The van der Waals surface area contributed by atoms with Gasteiger partial charge in [-0.25, -0.2) is 10.2 Å². The molecule has 1 aromatic rings. The molecular formula is C11H19N5O3. The van der Waals surface area contributed by atoms with Gasteiger partial charge in [0.2, 0.25) is 0 Å². The highest BCUT2D eigenvalue weighted by molar-refractivity contribution is 5.90. The quantitative estimate of drug-likeness (QED) is 0.535. The van der Waals surface area contributed by atoms with E-state index >= 15 is 0 Å². The van der Waals surface area contributed by atoms with E-state index in [9.17, 15) is 4.79 Å². The first-order chi connectivity index (χ1) is 9.31. The van der Waals surface area contributed by atoms with E-state index in [4.69, 9.17) is 9.57 Å². The van der Waals surface area contributed by atoms with Gasteiger partial charge < -0.3 is 10.1 Å². The number of ether oxygens (including phenoxy) is 1. The lowest BCUT2D eigenvalue weighted by atomic mass is 10.1. The number of nitrogens with zero attached hydrogens (tertiary/aromatic N) is 3. The minimum absolute atomic E-state index is 0.260. The molecule has 2 rings (SSSR count). The first kappa shape index (κ1) is 13.9. The second-order valence-corrected chi connectivity index (χ2v) is 4.34. The zero-order valence-corrected chi connectivity index (χ0v) is 11.0. The van der Waals surface area contributed by atoms with Crippen molar-refractivity contribution in [3.8, 4) is 0 Å². The third-order valence-corrected chi connectivity index (χ3v) is 2.98. The third-order valence-electron chi connectivity index (χ3n) is 2.98.